The van der Waals surface area contributed by atoms with Crippen LogP contribution in [0.3, 0.4) is 0 Å². The molecule has 0 fully saturated rings. The monoisotopic (exact) mass is 430 g/mol. The summed E-state index contributed by atoms with van der Waals surface area (Å²) in [6.07, 6.45) is -4.28. The number of aromatic nitrogens is 1. The zero-order valence-corrected chi connectivity index (χ0v) is 15.9. The Morgan fingerprint density at radius 2 is 1.62 bits per heavy atom. The van der Waals surface area contributed by atoms with Gasteiger partial charge in [0.05, 0.1) is 11.3 Å². The molecule has 4 nitrogen and oxygen atoms in total. The summed E-state index contributed by atoms with van der Waals surface area (Å²) in [6, 6.07) is 7.83. The Morgan fingerprint density at radius 3 is 2.04 bits per heavy atom. The second-order valence-electron chi connectivity index (χ2n) is 6.84. The van der Waals surface area contributed by atoms with Gasteiger partial charge in [-0.3, -0.25) is 4.98 Å². The van der Waals surface area contributed by atoms with Gasteiger partial charge in [0.25, 0.3) is 0 Å². The summed E-state index contributed by atoms with van der Waals surface area (Å²) in [5, 5.41) is 12.0. The molecule has 1 amide bonds. The number of halogens is 4. The molecule has 1 atom stereocenters. The van der Waals surface area contributed by atoms with Crippen molar-refractivity contribution >= 4 is 22.0 Å². The highest BCUT2D eigenvalue weighted by Gasteiger charge is 2.49. The van der Waals surface area contributed by atoms with Gasteiger partial charge >= 0.3 is 12.3 Å². The number of carboxylic acid groups (broad SMARTS) is 1. The van der Waals surface area contributed by atoms with E-state index in [0.29, 0.717) is 15.7 Å². The molecule has 1 aromatic carbocycles. The maximum atomic E-state index is 12.9. The van der Waals surface area contributed by atoms with E-state index < -0.39 is 28.8 Å². The number of nitrogens with one attached hydrogen (secondary N) is 1. The van der Waals surface area contributed by atoms with Crippen LogP contribution < -0.4 is 5.32 Å². The van der Waals surface area contributed by atoms with Crippen molar-refractivity contribution in [3.05, 3.63) is 63.9 Å². The second kappa shape index (κ2) is 6.90. The molecule has 2 rings (SSSR count). The molecule has 0 aliphatic rings. The Balaban J connectivity index is 2.79. The van der Waals surface area contributed by atoms with E-state index in [4.69, 9.17) is 0 Å². The standard InChI is InChI=1S/C18H18BrF3N2O2/c1-16(2,3)17(24-15(25)26,14-13(19)5-4-10-23-14)11-6-8-12(9-7-11)18(20,21)22/h4-10,24H,1-3H3,(H,25,26)/t17-/m0/s1. The molecule has 140 valence electrons. The van der Waals surface area contributed by atoms with Crippen LogP contribution in [0.15, 0.2) is 47.1 Å². The predicted octanol–water partition coefficient (Wildman–Crippen LogP) is 5.42. The topological polar surface area (TPSA) is 62.2 Å². The van der Waals surface area contributed by atoms with E-state index in [-0.39, 0.29) is 0 Å². The summed E-state index contributed by atoms with van der Waals surface area (Å²) in [4.78, 5) is 15.9. The van der Waals surface area contributed by atoms with Gasteiger partial charge in [-0.15, -0.1) is 0 Å². The van der Waals surface area contributed by atoms with E-state index in [1.165, 1.54) is 18.3 Å². The second-order valence-corrected chi connectivity index (χ2v) is 7.69. The molecule has 8 heteroatoms. The molecular weight excluding hydrogens is 413 g/mol. The van der Waals surface area contributed by atoms with E-state index in [2.05, 4.69) is 26.2 Å². The molecule has 1 aromatic heterocycles. The molecule has 2 N–H and O–H groups in total. The summed E-state index contributed by atoms with van der Waals surface area (Å²) >= 11 is 3.38. The van der Waals surface area contributed by atoms with Gasteiger partial charge in [0.15, 0.2) is 0 Å². The van der Waals surface area contributed by atoms with E-state index in [9.17, 15) is 23.1 Å². The number of benzene rings is 1. The van der Waals surface area contributed by atoms with Crippen LogP contribution in [0.25, 0.3) is 0 Å². The van der Waals surface area contributed by atoms with Crippen molar-refractivity contribution < 1.29 is 23.1 Å². The molecule has 0 saturated heterocycles. The smallest absolute Gasteiger partial charge is 0.416 e. The summed E-state index contributed by atoms with van der Waals surface area (Å²) < 4.78 is 39.3. The Hall–Kier alpha value is -2.09. The molecular formula is C18H18BrF3N2O2. The maximum Gasteiger partial charge on any atom is 0.416 e. The zero-order valence-electron chi connectivity index (χ0n) is 14.4. The lowest BCUT2D eigenvalue weighted by molar-refractivity contribution is -0.137. The number of hydrogen-bond donors (Lipinski definition) is 2. The van der Waals surface area contributed by atoms with Crippen molar-refractivity contribution in [2.24, 2.45) is 5.41 Å². The zero-order chi connectivity index (χ0) is 19.8. The van der Waals surface area contributed by atoms with E-state index >= 15 is 0 Å². The quantitative estimate of drug-likeness (QED) is 0.682. The third-order valence-corrected chi connectivity index (χ3v) is 4.82. The average molecular weight is 431 g/mol. The molecule has 0 aliphatic carbocycles. The summed E-state index contributed by atoms with van der Waals surface area (Å²) in [6.45, 7) is 5.38. The lowest BCUT2D eigenvalue weighted by Gasteiger charge is -2.45. The maximum absolute atomic E-state index is 12.9. The van der Waals surface area contributed by atoms with Crippen LogP contribution in [0, 0.1) is 5.41 Å². The normalized spacial score (nSPS) is 14.6. The number of nitrogens with zero attached hydrogens (tertiary/aromatic N) is 1. The van der Waals surface area contributed by atoms with E-state index in [0.717, 1.165) is 12.1 Å². The van der Waals surface area contributed by atoms with Crippen LogP contribution in [-0.2, 0) is 11.7 Å². The summed E-state index contributed by atoms with van der Waals surface area (Å²) in [7, 11) is 0. The van der Waals surface area contributed by atoms with Crippen LogP contribution in [0.4, 0.5) is 18.0 Å². The van der Waals surface area contributed by atoms with Gasteiger partial charge in [-0.25, -0.2) is 4.79 Å². The summed E-state index contributed by atoms with van der Waals surface area (Å²) in [5.41, 5.74) is -2.20. The predicted molar refractivity (Wildman–Crippen MR) is 94.8 cm³/mol. The van der Waals surface area contributed by atoms with Crippen LogP contribution in [0.5, 0.6) is 0 Å². The fourth-order valence-corrected chi connectivity index (χ4v) is 3.53. The van der Waals surface area contributed by atoms with Crippen molar-refractivity contribution in [1.29, 1.82) is 0 Å². The van der Waals surface area contributed by atoms with E-state index in [1.807, 2.05) is 0 Å². The highest BCUT2D eigenvalue weighted by Crippen LogP contribution is 2.46. The van der Waals surface area contributed by atoms with Gasteiger partial charge in [0, 0.05) is 10.7 Å². The molecule has 0 aliphatic heterocycles. The minimum Gasteiger partial charge on any atom is -0.465 e. The third-order valence-electron chi connectivity index (χ3n) is 4.18. The van der Waals surface area contributed by atoms with Crippen molar-refractivity contribution in [3.8, 4) is 0 Å². The van der Waals surface area contributed by atoms with Crippen molar-refractivity contribution in [1.82, 2.24) is 10.3 Å². The van der Waals surface area contributed by atoms with Gasteiger partial charge in [-0.1, -0.05) is 32.9 Å². The fourth-order valence-electron chi connectivity index (χ4n) is 2.98. The van der Waals surface area contributed by atoms with Gasteiger partial charge < -0.3 is 10.4 Å². The van der Waals surface area contributed by atoms with Crippen molar-refractivity contribution in [2.75, 3.05) is 0 Å². The largest absolute Gasteiger partial charge is 0.465 e. The fraction of sp³-hybridized carbons (Fsp3) is 0.333. The molecule has 0 bridgehead atoms. The average Bonchev–Trinajstić information content (AvgIpc) is 2.51. The first-order chi connectivity index (χ1) is 11.9. The number of pyridine rings is 1. The van der Waals surface area contributed by atoms with Crippen molar-refractivity contribution in [3.63, 3.8) is 0 Å². The minimum atomic E-state index is -4.48. The Morgan fingerprint density at radius 1 is 1.08 bits per heavy atom. The molecule has 0 radical (unpaired) electrons. The van der Waals surface area contributed by atoms with Gasteiger partial charge in [-0.2, -0.15) is 13.2 Å². The molecule has 0 saturated carbocycles. The van der Waals surface area contributed by atoms with Gasteiger partial charge in [0.1, 0.15) is 5.54 Å². The molecule has 0 unspecified atom stereocenters. The lowest BCUT2D eigenvalue weighted by Crippen LogP contribution is -2.55. The Bertz CT molecular complexity index is 801. The molecule has 0 spiro atoms. The highest BCUT2D eigenvalue weighted by atomic mass is 79.9. The van der Waals surface area contributed by atoms with Crippen LogP contribution in [0.1, 0.15) is 37.6 Å². The number of hydrogen-bond acceptors (Lipinski definition) is 2. The van der Waals surface area contributed by atoms with Gasteiger partial charge in [0.2, 0.25) is 0 Å². The number of alkyl halides is 3. The first-order valence-electron chi connectivity index (χ1n) is 7.69. The molecule has 1 heterocycles. The Labute approximate surface area is 157 Å². The minimum absolute atomic E-state index is 0.361. The van der Waals surface area contributed by atoms with Gasteiger partial charge in [-0.05, 0) is 51.2 Å². The SMILES string of the molecule is CC(C)(C)[C@](NC(=O)O)(c1ccc(C(F)(F)F)cc1)c1ncccc1Br. The van der Waals surface area contributed by atoms with E-state index in [1.54, 1.807) is 32.9 Å². The van der Waals surface area contributed by atoms with Crippen LogP contribution >= 0.6 is 15.9 Å². The number of amides is 1. The number of carbonyl (C=O) groups is 1. The summed E-state index contributed by atoms with van der Waals surface area (Å²) in [5.74, 6) is 0. The Kier molecular flexibility index (Phi) is 5.37. The first-order valence-corrected chi connectivity index (χ1v) is 8.49. The van der Waals surface area contributed by atoms with Crippen LogP contribution in [-0.4, -0.2) is 16.2 Å². The van der Waals surface area contributed by atoms with Crippen LogP contribution in [0.2, 0.25) is 0 Å². The molecule has 2 aromatic rings. The van der Waals surface area contributed by atoms with Crippen molar-refractivity contribution in [2.45, 2.75) is 32.5 Å². The lowest BCUT2D eigenvalue weighted by atomic mass is 9.67. The number of rotatable bonds is 3. The molecule has 26 heavy (non-hydrogen) atoms. The third kappa shape index (κ3) is 3.70. The first kappa shape index (κ1) is 20.2. The highest BCUT2D eigenvalue weighted by molar-refractivity contribution is 9.10.